The standard InChI is InChI=1S/C24H25F3N4O2/c25-24(26,27)19-8-4-7-18(15-19)23-29-22(33-30-23)16-31-13-11-20(12-14-31)28-21(32)10-9-17-5-2-1-3-6-17/h1-8,15,20H,9-14,16H2,(H,28,32). The summed E-state index contributed by atoms with van der Waals surface area (Å²) in [5, 5.41) is 6.95. The maximum absolute atomic E-state index is 12.9. The molecule has 1 fully saturated rings. The third-order valence-electron chi connectivity index (χ3n) is 5.71. The summed E-state index contributed by atoms with van der Waals surface area (Å²) in [4.78, 5) is 18.6. The van der Waals surface area contributed by atoms with Gasteiger partial charge in [-0.05, 0) is 37.0 Å². The van der Waals surface area contributed by atoms with Gasteiger partial charge in [0.25, 0.3) is 0 Å². The molecule has 174 valence electrons. The van der Waals surface area contributed by atoms with Crippen LogP contribution in [0.2, 0.25) is 0 Å². The number of aromatic nitrogens is 2. The monoisotopic (exact) mass is 458 g/mol. The zero-order valence-electron chi connectivity index (χ0n) is 18.0. The van der Waals surface area contributed by atoms with Crippen molar-refractivity contribution in [2.24, 2.45) is 0 Å². The van der Waals surface area contributed by atoms with Gasteiger partial charge in [0.2, 0.25) is 17.6 Å². The van der Waals surface area contributed by atoms with Gasteiger partial charge in [0, 0.05) is 31.1 Å². The van der Waals surface area contributed by atoms with E-state index >= 15 is 0 Å². The lowest BCUT2D eigenvalue weighted by Gasteiger charge is -2.31. The van der Waals surface area contributed by atoms with Gasteiger partial charge in [0.1, 0.15) is 0 Å². The number of carbonyl (C=O) groups is 1. The van der Waals surface area contributed by atoms with E-state index in [2.05, 4.69) is 20.4 Å². The van der Waals surface area contributed by atoms with Crippen LogP contribution in [0.1, 0.15) is 36.3 Å². The molecule has 9 heteroatoms. The molecule has 1 aromatic heterocycles. The van der Waals surface area contributed by atoms with Crippen molar-refractivity contribution in [1.29, 1.82) is 0 Å². The fourth-order valence-electron chi connectivity index (χ4n) is 3.90. The molecule has 0 radical (unpaired) electrons. The molecule has 33 heavy (non-hydrogen) atoms. The molecule has 1 amide bonds. The predicted octanol–water partition coefficient (Wildman–Crippen LogP) is 4.47. The van der Waals surface area contributed by atoms with Crippen LogP contribution in [0.15, 0.2) is 59.1 Å². The predicted molar refractivity (Wildman–Crippen MR) is 116 cm³/mol. The number of amides is 1. The highest BCUT2D eigenvalue weighted by atomic mass is 19.4. The summed E-state index contributed by atoms with van der Waals surface area (Å²) >= 11 is 0. The Balaban J connectivity index is 1.24. The van der Waals surface area contributed by atoms with Gasteiger partial charge in [-0.25, -0.2) is 0 Å². The molecule has 1 N–H and O–H groups in total. The Labute approximate surface area is 189 Å². The highest BCUT2D eigenvalue weighted by Gasteiger charge is 2.31. The number of nitrogens with zero attached hydrogens (tertiary/aromatic N) is 3. The van der Waals surface area contributed by atoms with E-state index in [9.17, 15) is 18.0 Å². The first-order chi connectivity index (χ1) is 15.9. The molecular weight excluding hydrogens is 433 g/mol. The minimum Gasteiger partial charge on any atom is -0.353 e. The second-order valence-electron chi connectivity index (χ2n) is 8.19. The van der Waals surface area contributed by atoms with Crippen LogP contribution in [0.4, 0.5) is 13.2 Å². The van der Waals surface area contributed by atoms with Crippen LogP contribution in [0.25, 0.3) is 11.4 Å². The van der Waals surface area contributed by atoms with E-state index < -0.39 is 11.7 Å². The number of halogens is 3. The second kappa shape index (κ2) is 10.2. The molecule has 1 saturated heterocycles. The van der Waals surface area contributed by atoms with Gasteiger partial charge in [-0.3, -0.25) is 9.69 Å². The first kappa shape index (κ1) is 23.0. The molecule has 2 heterocycles. The van der Waals surface area contributed by atoms with Gasteiger partial charge < -0.3 is 9.84 Å². The van der Waals surface area contributed by atoms with E-state index in [1.165, 1.54) is 12.1 Å². The smallest absolute Gasteiger partial charge is 0.353 e. The summed E-state index contributed by atoms with van der Waals surface area (Å²) < 4.78 is 44.1. The van der Waals surface area contributed by atoms with Gasteiger partial charge in [-0.15, -0.1) is 0 Å². The summed E-state index contributed by atoms with van der Waals surface area (Å²) in [5.74, 6) is 0.546. The van der Waals surface area contributed by atoms with E-state index in [0.717, 1.165) is 50.0 Å². The van der Waals surface area contributed by atoms with Crippen molar-refractivity contribution in [3.8, 4) is 11.4 Å². The SMILES string of the molecule is O=C(CCc1ccccc1)NC1CCN(Cc2nc(-c3cccc(C(F)(F)F)c3)no2)CC1. The van der Waals surface area contributed by atoms with Gasteiger partial charge in [0.05, 0.1) is 12.1 Å². The Hall–Kier alpha value is -3.20. The lowest BCUT2D eigenvalue weighted by atomic mass is 10.0. The third-order valence-corrected chi connectivity index (χ3v) is 5.71. The highest BCUT2D eigenvalue weighted by Crippen LogP contribution is 2.31. The Kier molecular flexibility index (Phi) is 7.08. The van der Waals surface area contributed by atoms with Crippen molar-refractivity contribution in [1.82, 2.24) is 20.4 Å². The molecular formula is C24H25F3N4O2. The van der Waals surface area contributed by atoms with Gasteiger partial charge >= 0.3 is 6.18 Å². The Morgan fingerprint density at radius 1 is 1.09 bits per heavy atom. The second-order valence-corrected chi connectivity index (χ2v) is 8.19. The van der Waals surface area contributed by atoms with Crippen LogP contribution in [0.5, 0.6) is 0 Å². The van der Waals surface area contributed by atoms with Crippen molar-refractivity contribution < 1.29 is 22.5 Å². The topological polar surface area (TPSA) is 71.3 Å². The quantitative estimate of drug-likeness (QED) is 0.566. The largest absolute Gasteiger partial charge is 0.416 e. The molecule has 6 nitrogen and oxygen atoms in total. The summed E-state index contributed by atoms with van der Waals surface area (Å²) in [7, 11) is 0. The van der Waals surface area contributed by atoms with Crippen LogP contribution in [-0.2, 0) is 23.9 Å². The lowest BCUT2D eigenvalue weighted by Crippen LogP contribution is -2.44. The number of hydrogen-bond donors (Lipinski definition) is 1. The van der Waals surface area contributed by atoms with Crippen molar-refractivity contribution in [2.45, 2.75) is 44.4 Å². The van der Waals surface area contributed by atoms with E-state index in [-0.39, 0.29) is 23.3 Å². The molecule has 0 saturated carbocycles. The van der Waals surface area contributed by atoms with Crippen molar-refractivity contribution in [3.63, 3.8) is 0 Å². The fraction of sp³-hybridized carbons (Fsp3) is 0.375. The normalized spacial score (nSPS) is 15.5. The number of benzene rings is 2. The number of piperidine rings is 1. The number of aryl methyl sites for hydroxylation is 1. The summed E-state index contributed by atoms with van der Waals surface area (Å²) in [6.45, 7) is 1.93. The minimum atomic E-state index is -4.43. The lowest BCUT2D eigenvalue weighted by molar-refractivity contribution is -0.137. The molecule has 0 bridgehead atoms. The van der Waals surface area contributed by atoms with Crippen molar-refractivity contribution >= 4 is 5.91 Å². The fourth-order valence-corrected chi connectivity index (χ4v) is 3.90. The molecule has 0 unspecified atom stereocenters. The Morgan fingerprint density at radius 2 is 1.85 bits per heavy atom. The summed E-state index contributed by atoms with van der Waals surface area (Å²) in [6.07, 6.45) is -1.62. The number of alkyl halides is 3. The Bertz CT molecular complexity index is 1060. The van der Waals surface area contributed by atoms with Crippen LogP contribution >= 0.6 is 0 Å². The number of carbonyl (C=O) groups excluding carboxylic acids is 1. The highest BCUT2D eigenvalue weighted by molar-refractivity contribution is 5.76. The third kappa shape index (κ3) is 6.41. The van der Waals surface area contributed by atoms with Crippen LogP contribution < -0.4 is 5.32 Å². The average Bonchev–Trinajstić information content (AvgIpc) is 3.28. The minimum absolute atomic E-state index is 0.0555. The van der Waals surface area contributed by atoms with Gasteiger partial charge in [-0.2, -0.15) is 18.2 Å². The number of likely N-dealkylation sites (tertiary alicyclic amines) is 1. The zero-order chi connectivity index (χ0) is 23.3. The maximum atomic E-state index is 12.9. The molecule has 4 rings (SSSR count). The first-order valence-corrected chi connectivity index (χ1v) is 10.9. The molecule has 1 aliphatic rings. The zero-order valence-corrected chi connectivity index (χ0v) is 18.0. The molecule has 1 aliphatic heterocycles. The molecule has 0 atom stereocenters. The van der Waals surface area contributed by atoms with Crippen LogP contribution in [-0.4, -0.2) is 40.1 Å². The van der Waals surface area contributed by atoms with Gasteiger partial charge in [-0.1, -0.05) is 47.6 Å². The number of rotatable bonds is 7. The maximum Gasteiger partial charge on any atom is 0.416 e. The Morgan fingerprint density at radius 3 is 2.58 bits per heavy atom. The van der Waals surface area contributed by atoms with E-state index in [0.29, 0.717) is 18.9 Å². The summed E-state index contributed by atoms with van der Waals surface area (Å²) in [6, 6.07) is 14.9. The van der Waals surface area contributed by atoms with Crippen LogP contribution in [0, 0.1) is 0 Å². The van der Waals surface area contributed by atoms with Crippen LogP contribution in [0.3, 0.4) is 0 Å². The number of nitrogens with one attached hydrogen (secondary N) is 1. The number of hydrogen-bond acceptors (Lipinski definition) is 5. The molecule has 0 spiro atoms. The van der Waals surface area contributed by atoms with Gasteiger partial charge in [0.15, 0.2) is 0 Å². The summed E-state index contributed by atoms with van der Waals surface area (Å²) in [5.41, 5.74) is 0.655. The van der Waals surface area contributed by atoms with E-state index in [4.69, 9.17) is 4.52 Å². The molecule has 0 aliphatic carbocycles. The average molecular weight is 458 g/mol. The molecule has 3 aromatic rings. The van der Waals surface area contributed by atoms with E-state index in [1.807, 2.05) is 30.3 Å². The van der Waals surface area contributed by atoms with E-state index in [1.54, 1.807) is 0 Å². The van der Waals surface area contributed by atoms with Crippen molar-refractivity contribution in [2.75, 3.05) is 13.1 Å². The van der Waals surface area contributed by atoms with Crippen molar-refractivity contribution in [3.05, 3.63) is 71.6 Å². The molecule has 2 aromatic carbocycles. The first-order valence-electron chi connectivity index (χ1n) is 10.9.